The van der Waals surface area contributed by atoms with Crippen molar-refractivity contribution in [3.63, 3.8) is 0 Å². The molecule has 0 spiro atoms. The van der Waals surface area contributed by atoms with Gasteiger partial charge in [-0.05, 0) is 67.9 Å². The molecule has 2 aromatic heterocycles. The molecule has 8 heteroatoms. The van der Waals surface area contributed by atoms with E-state index in [1.54, 1.807) is 7.11 Å². The fraction of sp³-hybridized carbons (Fsp3) is 0.115. The van der Waals surface area contributed by atoms with Crippen LogP contribution in [-0.2, 0) is 0 Å². The molecule has 0 aliphatic rings. The van der Waals surface area contributed by atoms with Gasteiger partial charge in [-0.2, -0.15) is 4.68 Å². The third kappa shape index (κ3) is 3.93. The molecule has 0 saturated heterocycles. The quantitative estimate of drug-likeness (QED) is 0.285. The Bertz CT molecular complexity index is 1560. The lowest BCUT2D eigenvalue weighted by atomic mass is 10.0. The first-order chi connectivity index (χ1) is 16.5. The van der Waals surface area contributed by atoms with Gasteiger partial charge in [0.1, 0.15) is 5.75 Å². The van der Waals surface area contributed by atoms with E-state index in [0.717, 1.165) is 32.8 Å². The van der Waals surface area contributed by atoms with Crippen molar-refractivity contribution in [3.05, 3.63) is 93.2 Å². The fourth-order valence-electron chi connectivity index (χ4n) is 3.78. The number of ether oxygens (including phenoxy) is 1. The Labute approximate surface area is 205 Å². The van der Waals surface area contributed by atoms with E-state index in [-0.39, 0.29) is 5.56 Å². The summed E-state index contributed by atoms with van der Waals surface area (Å²) in [5.41, 5.74) is 4.76. The predicted molar refractivity (Wildman–Crippen MR) is 140 cm³/mol. The second-order valence-electron chi connectivity index (χ2n) is 7.78. The molecule has 0 saturated carbocycles. The van der Waals surface area contributed by atoms with Gasteiger partial charge in [0.15, 0.2) is 0 Å². The minimum atomic E-state index is -0.217. The lowest BCUT2D eigenvalue weighted by Gasteiger charge is -2.06. The summed E-state index contributed by atoms with van der Waals surface area (Å²) in [5.74, 6) is 0.734. The average molecular weight is 489 g/mol. The number of aromatic nitrogens is 3. The normalized spacial score (nSPS) is 11.8. The maximum absolute atomic E-state index is 13.7. The summed E-state index contributed by atoms with van der Waals surface area (Å²) in [7, 11) is 1.62. The van der Waals surface area contributed by atoms with E-state index in [2.05, 4.69) is 10.1 Å². The van der Waals surface area contributed by atoms with E-state index < -0.39 is 0 Å². The van der Waals surface area contributed by atoms with Gasteiger partial charge >= 0.3 is 0 Å². The molecule has 6 nitrogen and oxygen atoms in total. The summed E-state index contributed by atoms with van der Waals surface area (Å²) >= 11 is 7.74. The van der Waals surface area contributed by atoms with Crippen LogP contribution in [0.15, 0.2) is 76.5 Å². The van der Waals surface area contributed by atoms with Crippen molar-refractivity contribution in [1.29, 1.82) is 0 Å². The molecule has 170 valence electrons. The minimum Gasteiger partial charge on any atom is -0.497 e. The topological polar surface area (TPSA) is 72.3 Å². The summed E-state index contributed by atoms with van der Waals surface area (Å²) < 4.78 is 7.79. The Kier molecular flexibility index (Phi) is 5.81. The first-order valence-corrected chi connectivity index (χ1v) is 11.8. The SMILES string of the molecule is COc1ccc(-c2[nH]n(-c3nc4ccccc4s3)c(=O)c2C(C)=Nc2cccc(Cl)c2C)cc1. The van der Waals surface area contributed by atoms with Crippen LogP contribution in [0.4, 0.5) is 5.69 Å². The van der Waals surface area contributed by atoms with E-state index in [1.165, 1.54) is 16.0 Å². The van der Waals surface area contributed by atoms with Crippen molar-refractivity contribution in [3.8, 4) is 22.1 Å². The lowest BCUT2D eigenvalue weighted by Crippen LogP contribution is -2.19. The zero-order chi connectivity index (χ0) is 23.8. The first kappa shape index (κ1) is 22.1. The maximum Gasteiger partial charge on any atom is 0.283 e. The van der Waals surface area contributed by atoms with Crippen LogP contribution in [0.2, 0.25) is 5.02 Å². The number of hydrogen-bond acceptors (Lipinski definition) is 5. The molecule has 34 heavy (non-hydrogen) atoms. The molecule has 5 rings (SSSR count). The van der Waals surface area contributed by atoms with Crippen molar-refractivity contribution < 1.29 is 4.74 Å². The van der Waals surface area contributed by atoms with Gasteiger partial charge in [-0.25, -0.2) is 4.98 Å². The zero-order valence-electron chi connectivity index (χ0n) is 18.8. The summed E-state index contributed by atoms with van der Waals surface area (Å²) in [6, 6.07) is 20.9. The first-order valence-electron chi connectivity index (χ1n) is 10.6. The van der Waals surface area contributed by atoms with E-state index in [0.29, 0.717) is 27.1 Å². The van der Waals surface area contributed by atoms with Crippen molar-refractivity contribution in [1.82, 2.24) is 14.8 Å². The largest absolute Gasteiger partial charge is 0.497 e. The molecular weight excluding hydrogens is 468 g/mol. The number of aliphatic imine (C=N–C) groups is 1. The van der Waals surface area contributed by atoms with Crippen LogP contribution in [0.25, 0.3) is 26.6 Å². The second kappa shape index (κ2) is 8.93. The predicted octanol–water partition coefficient (Wildman–Crippen LogP) is 6.55. The Morgan fingerprint density at radius 3 is 2.59 bits per heavy atom. The van der Waals surface area contributed by atoms with Gasteiger partial charge in [-0.15, -0.1) is 0 Å². The molecule has 3 aromatic carbocycles. The smallest absolute Gasteiger partial charge is 0.283 e. The number of aromatic amines is 1. The van der Waals surface area contributed by atoms with Crippen LogP contribution in [-0.4, -0.2) is 27.6 Å². The van der Waals surface area contributed by atoms with Gasteiger partial charge in [-0.3, -0.25) is 14.9 Å². The summed E-state index contributed by atoms with van der Waals surface area (Å²) in [6.07, 6.45) is 0. The zero-order valence-corrected chi connectivity index (χ0v) is 20.4. The van der Waals surface area contributed by atoms with Crippen molar-refractivity contribution in [2.24, 2.45) is 4.99 Å². The summed E-state index contributed by atoms with van der Waals surface area (Å²) in [6.45, 7) is 3.75. The third-order valence-electron chi connectivity index (χ3n) is 5.63. The Morgan fingerprint density at radius 1 is 1.09 bits per heavy atom. The highest BCUT2D eigenvalue weighted by Crippen LogP contribution is 2.30. The van der Waals surface area contributed by atoms with Gasteiger partial charge in [-0.1, -0.05) is 41.1 Å². The number of benzene rings is 3. The highest BCUT2D eigenvalue weighted by molar-refractivity contribution is 7.20. The van der Waals surface area contributed by atoms with E-state index in [9.17, 15) is 4.79 Å². The number of rotatable bonds is 5. The minimum absolute atomic E-state index is 0.217. The van der Waals surface area contributed by atoms with Gasteiger partial charge in [0, 0.05) is 10.6 Å². The van der Waals surface area contributed by atoms with E-state index >= 15 is 0 Å². The number of thiazole rings is 1. The van der Waals surface area contributed by atoms with Gasteiger partial charge in [0.25, 0.3) is 5.56 Å². The molecule has 2 heterocycles. The van der Waals surface area contributed by atoms with Crippen LogP contribution >= 0.6 is 22.9 Å². The van der Waals surface area contributed by atoms with Gasteiger partial charge < -0.3 is 4.74 Å². The molecule has 1 N–H and O–H groups in total. The summed E-state index contributed by atoms with van der Waals surface area (Å²) in [4.78, 5) is 23.2. The molecule has 0 bridgehead atoms. The Balaban J connectivity index is 1.72. The third-order valence-corrected chi connectivity index (χ3v) is 7.06. The highest BCUT2D eigenvalue weighted by atomic mass is 35.5. The van der Waals surface area contributed by atoms with E-state index in [4.69, 9.17) is 21.3 Å². The number of fused-ring (bicyclic) bond motifs is 1. The van der Waals surface area contributed by atoms with Gasteiger partial charge in [0.05, 0.1) is 40.0 Å². The van der Waals surface area contributed by atoms with Crippen molar-refractivity contribution >= 4 is 44.6 Å². The molecule has 0 unspecified atom stereocenters. The number of para-hydroxylation sites is 1. The van der Waals surface area contributed by atoms with E-state index in [1.807, 2.05) is 80.6 Å². The number of nitrogens with zero attached hydrogens (tertiary/aromatic N) is 3. The highest BCUT2D eigenvalue weighted by Gasteiger charge is 2.21. The number of hydrogen-bond donors (Lipinski definition) is 1. The second-order valence-corrected chi connectivity index (χ2v) is 9.19. The Hall–Kier alpha value is -3.68. The maximum atomic E-state index is 13.7. The average Bonchev–Trinajstić information content (AvgIpc) is 3.43. The summed E-state index contributed by atoms with van der Waals surface area (Å²) in [5, 5.41) is 4.48. The molecule has 0 fully saturated rings. The number of nitrogens with one attached hydrogen (secondary N) is 1. The molecule has 0 amide bonds. The van der Waals surface area contributed by atoms with Crippen LogP contribution in [0, 0.1) is 6.92 Å². The molecular formula is C26H21ClN4O2S. The standard InChI is InChI=1S/C26H21ClN4O2S/c1-15-19(27)7-6-9-20(15)28-16(2)23-24(17-11-13-18(33-3)14-12-17)30-31(25(23)32)26-29-21-8-4-5-10-22(21)34-26/h4-14,30H,1-3H3. The van der Waals surface area contributed by atoms with Crippen LogP contribution in [0.3, 0.4) is 0 Å². The number of halogens is 1. The molecule has 5 aromatic rings. The van der Waals surface area contributed by atoms with Crippen LogP contribution in [0.1, 0.15) is 18.1 Å². The number of H-pyrrole nitrogens is 1. The lowest BCUT2D eigenvalue weighted by molar-refractivity contribution is 0.415. The van der Waals surface area contributed by atoms with Crippen LogP contribution in [0.5, 0.6) is 5.75 Å². The van der Waals surface area contributed by atoms with Crippen LogP contribution < -0.4 is 10.3 Å². The van der Waals surface area contributed by atoms with Crippen molar-refractivity contribution in [2.75, 3.05) is 7.11 Å². The van der Waals surface area contributed by atoms with Gasteiger partial charge in [0.2, 0.25) is 5.13 Å². The number of methoxy groups -OCH3 is 1. The molecule has 0 atom stereocenters. The molecule has 0 aliphatic heterocycles. The Morgan fingerprint density at radius 2 is 1.85 bits per heavy atom. The monoisotopic (exact) mass is 488 g/mol. The molecule has 0 aliphatic carbocycles. The fourth-order valence-corrected chi connectivity index (χ4v) is 4.88. The molecule has 0 radical (unpaired) electrons. The van der Waals surface area contributed by atoms with Crippen molar-refractivity contribution in [2.45, 2.75) is 13.8 Å².